The zero-order valence-electron chi connectivity index (χ0n) is 12.4. The van der Waals surface area contributed by atoms with E-state index in [9.17, 15) is 13.2 Å². The Hall–Kier alpha value is -0.840. The Morgan fingerprint density at radius 3 is 2.57 bits per heavy atom. The standard InChI is InChI=1S/C16H22F3NS/c1-11(2)12-6-5-7-13(10-12)20-14-8-3-4-9-15(14)21-16(17,18)19/h3-4,8-9,11-13,20H,5-7,10H2,1-2H3. The van der Waals surface area contributed by atoms with Crippen LogP contribution >= 0.6 is 11.8 Å². The summed E-state index contributed by atoms with van der Waals surface area (Å²) < 4.78 is 37.8. The second-order valence-electron chi connectivity index (χ2n) is 6.06. The summed E-state index contributed by atoms with van der Waals surface area (Å²) in [5.74, 6) is 1.30. The van der Waals surface area contributed by atoms with Crippen molar-refractivity contribution in [3.05, 3.63) is 24.3 Å². The molecule has 0 heterocycles. The molecule has 1 aliphatic carbocycles. The normalized spacial score (nSPS) is 23.3. The lowest BCUT2D eigenvalue weighted by atomic mass is 9.79. The molecule has 0 aliphatic heterocycles. The third kappa shape index (κ3) is 5.13. The zero-order valence-corrected chi connectivity index (χ0v) is 13.2. The molecule has 0 radical (unpaired) electrons. The maximum absolute atomic E-state index is 12.6. The highest BCUT2D eigenvalue weighted by Gasteiger charge is 2.31. The first-order valence-corrected chi connectivity index (χ1v) is 8.28. The Kier molecular flexibility index (Phi) is 5.47. The van der Waals surface area contributed by atoms with Gasteiger partial charge >= 0.3 is 5.51 Å². The van der Waals surface area contributed by atoms with E-state index in [0.29, 0.717) is 17.5 Å². The smallest absolute Gasteiger partial charge is 0.381 e. The van der Waals surface area contributed by atoms with Gasteiger partial charge in [-0.1, -0.05) is 38.8 Å². The van der Waals surface area contributed by atoms with Crippen LogP contribution in [0.5, 0.6) is 0 Å². The number of rotatable bonds is 4. The second kappa shape index (κ2) is 6.95. The van der Waals surface area contributed by atoms with Crippen LogP contribution in [0.1, 0.15) is 39.5 Å². The molecule has 1 N–H and O–H groups in total. The molecule has 1 saturated carbocycles. The lowest BCUT2D eigenvalue weighted by Crippen LogP contribution is -2.29. The molecule has 0 bridgehead atoms. The number of anilines is 1. The van der Waals surface area contributed by atoms with E-state index in [4.69, 9.17) is 0 Å². The summed E-state index contributed by atoms with van der Waals surface area (Å²) in [7, 11) is 0. The van der Waals surface area contributed by atoms with Gasteiger partial charge in [-0.05, 0) is 48.6 Å². The van der Waals surface area contributed by atoms with E-state index in [1.807, 2.05) is 0 Å². The predicted octanol–water partition coefficient (Wildman–Crippen LogP) is 5.93. The average Bonchev–Trinajstić information content (AvgIpc) is 2.40. The zero-order chi connectivity index (χ0) is 15.5. The highest BCUT2D eigenvalue weighted by Crippen LogP contribution is 2.41. The molecule has 1 aromatic carbocycles. The second-order valence-corrected chi connectivity index (χ2v) is 7.16. The predicted molar refractivity (Wildman–Crippen MR) is 82.6 cm³/mol. The molecule has 1 fully saturated rings. The van der Waals surface area contributed by atoms with E-state index in [0.717, 1.165) is 19.3 Å². The van der Waals surface area contributed by atoms with Gasteiger partial charge in [0.15, 0.2) is 0 Å². The van der Waals surface area contributed by atoms with Crippen molar-refractivity contribution in [3.8, 4) is 0 Å². The Morgan fingerprint density at radius 1 is 1.19 bits per heavy atom. The number of para-hydroxylation sites is 1. The molecule has 0 amide bonds. The monoisotopic (exact) mass is 317 g/mol. The molecule has 5 heteroatoms. The number of halogens is 3. The molecule has 2 rings (SSSR count). The van der Waals surface area contributed by atoms with E-state index in [-0.39, 0.29) is 22.7 Å². The first-order chi connectivity index (χ1) is 9.85. The van der Waals surface area contributed by atoms with Crippen LogP contribution in [-0.4, -0.2) is 11.6 Å². The summed E-state index contributed by atoms with van der Waals surface area (Å²) in [5, 5.41) is 3.34. The van der Waals surface area contributed by atoms with Gasteiger partial charge in [0.05, 0.1) is 0 Å². The first kappa shape index (κ1) is 16.5. The highest BCUT2D eigenvalue weighted by atomic mass is 32.2. The van der Waals surface area contributed by atoms with Gasteiger partial charge in [-0.2, -0.15) is 13.2 Å². The fourth-order valence-electron chi connectivity index (χ4n) is 2.98. The average molecular weight is 317 g/mol. The Labute approximate surface area is 128 Å². The van der Waals surface area contributed by atoms with Gasteiger partial charge in [0, 0.05) is 16.6 Å². The summed E-state index contributed by atoms with van der Waals surface area (Å²) in [4.78, 5) is 0.261. The van der Waals surface area contributed by atoms with Crippen molar-refractivity contribution in [1.82, 2.24) is 0 Å². The van der Waals surface area contributed by atoms with Crippen molar-refractivity contribution in [2.24, 2.45) is 11.8 Å². The maximum atomic E-state index is 12.6. The summed E-state index contributed by atoms with van der Waals surface area (Å²) in [6.45, 7) is 4.45. The van der Waals surface area contributed by atoms with Crippen molar-refractivity contribution in [1.29, 1.82) is 0 Å². The maximum Gasteiger partial charge on any atom is 0.446 e. The topological polar surface area (TPSA) is 12.0 Å². The van der Waals surface area contributed by atoms with E-state index >= 15 is 0 Å². The van der Waals surface area contributed by atoms with E-state index in [1.54, 1.807) is 18.2 Å². The molecule has 1 aromatic rings. The minimum absolute atomic E-state index is 0.0395. The Balaban J connectivity index is 2.05. The number of hydrogen-bond donors (Lipinski definition) is 1. The largest absolute Gasteiger partial charge is 0.446 e. The number of hydrogen-bond acceptors (Lipinski definition) is 2. The molecule has 0 aromatic heterocycles. The summed E-state index contributed by atoms with van der Waals surface area (Å²) in [6, 6.07) is 6.99. The molecular formula is C16H22F3NS. The van der Waals surface area contributed by atoms with E-state index < -0.39 is 5.51 Å². The van der Waals surface area contributed by atoms with Gasteiger partial charge in [0.1, 0.15) is 0 Å². The number of nitrogens with one attached hydrogen (secondary N) is 1. The Morgan fingerprint density at radius 2 is 1.90 bits per heavy atom. The van der Waals surface area contributed by atoms with Gasteiger partial charge in [-0.25, -0.2) is 0 Å². The SMILES string of the molecule is CC(C)C1CCCC(Nc2ccccc2SC(F)(F)F)C1. The summed E-state index contributed by atoms with van der Waals surface area (Å²) in [6.07, 6.45) is 4.46. The van der Waals surface area contributed by atoms with Gasteiger partial charge in [0.2, 0.25) is 0 Å². The quantitative estimate of drug-likeness (QED) is 0.691. The van der Waals surface area contributed by atoms with Gasteiger partial charge < -0.3 is 5.32 Å². The van der Waals surface area contributed by atoms with E-state index in [2.05, 4.69) is 19.2 Å². The molecule has 0 saturated heterocycles. The van der Waals surface area contributed by atoms with Gasteiger partial charge in [0.25, 0.3) is 0 Å². The van der Waals surface area contributed by atoms with Crippen LogP contribution < -0.4 is 5.32 Å². The van der Waals surface area contributed by atoms with Crippen LogP contribution in [0.3, 0.4) is 0 Å². The molecule has 2 unspecified atom stereocenters. The molecule has 0 spiro atoms. The van der Waals surface area contributed by atoms with Gasteiger partial charge in [-0.3, -0.25) is 0 Å². The van der Waals surface area contributed by atoms with Crippen molar-refractivity contribution >= 4 is 17.4 Å². The van der Waals surface area contributed by atoms with Gasteiger partial charge in [-0.15, -0.1) is 0 Å². The third-order valence-electron chi connectivity index (χ3n) is 4.13. The Bertz CT molecular complexity index is 459. The first-order valence-electron chi connectivity index (χ1n) is 7.46. The molecule has 21 heavy (non-hydrogen) atoms. The molecule has 1 nitrogen and oxygen atoms in total. The number of thioether (sulfide) groups is 1. The number of alkyl halides is 3. The third-order valence-corrected chi connectivity index (χ3v) is 4.94. The summed E-state index contributed by atoms with van der Waals surface area (Å²) in [5.41, 5.74) is -3.64. The fraction of sp³-hybridized carbons (Fsp3) is 0.625. The lowest BCUT2D eigenvalue weighted by molar-refractivity contribution is -0.0327. The van der Waals surface area contributed by atoms with Crippen LogP contribution in [-0.2, 0) is 0 Å². The van der Waals surface area contributed by atoms with Crippen molar-refractivity contribution in [2.45, 2.75) is 56.0 Å². The molecule has 118 valence electrons. The minimum atomic E-state index is -4.25. The number of benzene rings is 1. The summed E-state index contributed by atoms with van der Waals surface area (Å²) >= 11 is -0.0395. The van der Waals surface area contributed by atoms with Crippen LogP contribution in [0.4, 0.5) is 18.9 Å². The van der Waals surface area contributed by atoms with Crippen molar-refractivity contribution < 1.29 is 13.2 Å². The molecule has 2 atom stereocenters. The lowest BCUT2D eigenvalue weighted by Gasteiger charge is -2.33. The van der Waals surface area contributed by atoms with E-state index in [1.165, 1.54) is 12.5 Å². The van der Waals surface area contributed by atoms with Crippen LogP contribution in [0.2, 0.25) is 0 Å². The van der Waals surface area contributed by atoms with Crippen molar-refractivity contribution in [2.75, 3.05) is 5.32 Å². The van der Waals surface area contributed by atoms with Crippen LogP contribution in [0.15, 0.2) is 29.2 Å². The highest BCUT2D eigenvalue weighted by molar-refractivity contribution is 8.00. The minimum Gasteiger partial charge on any atom is -0.381 e. The van der Waals surface area contributed by atoms with Crippen LogP contribution in [0.25, 0.3) is 0 Å². The van der Waals surface area contributed by atoms with Crippen molar-refractivity contribution in [3.63, 3.8) is 0 Å². The van der Waals surface area contributed by atoms with Crippen LogP contribution in [0, 0.1) is 11.8 Å². The molecule has 1 aliphatic rings. The molecular weight excluding hydrogens is 295 g/mol. The fourth-order valence-corrected chi connectivity index (χ4v) is 3.62.